The van der Waals surface area contributed by atoms with Gasteiger partial charge in [0.2, 0.25) is 0 Å². The van der Waals surface area contributed by atoms with E-state index in [4.69, 9.17) is 11.6 Å². The molecule has 6 heteroatoms. The summed E-state index contributed by atoms with van der Waals surface area (Å²) in [5.74, 6) is 0. The van der Waals surface area contributed by atoms with E-state index in [0.29, 0.717) is 5.69 Å². The van der Waals surface area contributed by atoms with E-state index in [0.717, 1.165) is 5.69 Å². The molecule has 2 rings (SSSR count). The van der Waals surface area contributed by atoms with E-state index >= 15 is 0 Å². The smallest absolute Gasteiger partial charge is 0.273 e. The van der Waals surface area contributed by atoms with Gasteiger partial charge in [-0.3, -0.25) is 4.79 Å². The van der Waals surface area contributed by atoms with E-state index in [-0.39, 0.29) is 5.69 Å². The van der Waals surface area contributed by atoms with E-state index in [1.54, 1.807) is 19.1 Å². The molecule has 2 aromatic rings. The fraction of sp³-hybridized carbons (Fsp3) is 0.111. The van der Waals surface area contributed by atoms with Crippen LogP contribution in [0.3, 0.4) is 0 Å². The first-order chi connectivity index (χ1) is 7.18. The zero-order valence-electron chi connectivity index (χ0n) is 7.88. The van der Waals surface area contributed by atoms with Gasteiger partial charge in [-0.15, -0.1) is 4.80 Å². The Morgan fingerprint density at radius 3 is 2.60 bits per heavy atom. The highest BCUT2D eigenvalue weighted by Gasteiger charge is 2.13. The Bertz CT molecular complexity index is 495. The average molecular weight is 223 g/mol. The lowest BCUT2D eigenvalue weighted by atomic mass is 10.3. The summed E-state index contributed by atoms with van der Waals surface area (Å²) in [4.78, 5) is 16.5. The molecular formula is C9H7ClN4O. The van der Waals surface area contributed by atoms with Gasteiger partial charge in [0.15, 0.2) is 5.69 Å². The van der Waals surface area contributed by atoms with Crippen molar-refractivity contribution >= 4 is 16.8 Å². The Morgan fingerprint density at radius 2 is 2.00 bits per heavy atom. The molecule has 0 saturated carbocycles. The second-order valence-corrected chi connectivity index (χ2v) is 3.26. The quantitative estimate of drug-likeness (QED) is 0.720. The molecule has 0 unspecified atom stereocenters. The zero-order valence-corrected chi connectivity index (χ0v) is 8.64. The summed E-state index contributed by atoms with van der Waals surface area (Å²) < 4.78 is 0. The van der Waals surface area contributed by atoms with Crippen molar-refractivity contribution in [2.75, 3.05) is 0 Å². The highest BCUT2D eigenvalue weighted by molar-refractivity contribution is 6.67. The van der Waals surface area contributed by atoms with Gasteiger partial charge in [-0.25, -0.2) is 4.98 Å². The molecule has 0 fully saturated rings. The number of carbonyl (C=O) groups excluding carboxylic acids is 1. The van der Waals surface area contributed by atoms with Crippen molar-refractivity contribution in [1.29, 1.82) is 0 Å². The molecule has 0 aliphatic rings. The molecule has 5 nitrogen and oxygen atoms in total. The van der Waals surface area contributed by atoms with Crippen molar-refractivity contribution in [3.05, 3.63) is 35.9 Å². The molecule has 2 aromatic heterocycles. The van der Waals surface area contributed by atoms with E-state index in [1.165, 1.54) is 17.2 Å². The predicted molar refractivity (Wildman–Crippen MR) is 54.1 cm³/mol. The van der Waals surface area contributed by atoms with Crippen molar-refractivity contribution in [2.45, 2.75) is 6.92 Å². The normalized spacial score (nSPS) is 10.3. The number of hydrogen-bond acceptors (Lipinski definition) is 4. The molecule has 0 aliphatic heterocycles. The number of carbonyl (C=O) groups is 1. The van der Waals surface area contributed by atoms with Crippen LogP contribution in [0.1, 0.15) is 16.2 Å². The van der Waals surface area contributed by atoms with Gasteiger partial charge in [0.1, 0.15) is 5.69 Å². The Kier molecular flexibility index (Phi) is 2.47. The molecule has 0 aromatic carbocycles. The first kappa shape index (κ1) is 9.79. The summed E-state index contributed by atoms with van der Waals surface area (Å²) in [7, 11) is 0. The number of rotatable bonds is 2. The second kappa shape index (κ2) is 3.78. The number of halogens is 1. The number of hydrogen-bond donors (Lipinski definition) is 0. The van der Waals surface area contributed by atoms with E-state index < -0.39 is 5.24 Å². The molecule has 0 N–H and O–H groups in total. The van der Waals surface area contributed by atoms with Crippen LogP contribution in [0, 0.1) is 6.92 Å². The Morgan fingerprint density at radius 1 is 1.33 bits per heavy atom. The van der Waals surface area contributed by atoms with Crippen molar-refractivity contribution < 1.29 is 4.79 Å². The highest BCUT2D eigenvalue weighted by Crippen LogP contribution is 2.13. The molecule has 0 amide bonds. The number of pyridine rings is 1. The van der Waals surface area contributed by atoms with Gasteiger partial charge in [0.25, 0.3) is 5.24 Å². The molecule has 0 aliphatic carbocycles. The first-order valence-corrected chi connectivity index (χ1v) is 4.60. The Hall–Kier alpha value is -1.75. The van der Waals surface area contributed by atoms with E-state index in [2.05, 4.69) is 15.2 Å². The molecule has 15 heavy (non-hydrogen) atoms. The fourth-order valence-corrected chi connectivity index (χ4v) is 1.33. The van der Waals surface area contributed by atoms with Crippen molar-refractivity contribution in [2.24, 2.45) is 0 Å². The summed E-state index contributed by atoms with van der Waals surface area (Å²) in [6.45, 7) is 1.78. The minimum Gasteiger partial charge on any atom is -0.274 e. The lowest BCUT2D eigenvalue weighted by molar-refractivity contribution is 0.107. The summed E-state index contributed by atoms with van der Waals surface area (Å²) in [5, 5.41) is 7.21. The third-order valence-electron chi connectivity index (χ3n) is 1.83. The number of aromatic nitrogens is 4. The van der Waals surface area contributed by atoms with Gasteiger partial charge in [0.05, 0.1) is 12.4 Å². The van der Waals surface area contributed by atoms with E-state index in [1.807, 2.05) is 0 Å². The van der Waals surface area contributed by atoms with Crippen LogP contribution >= 0.6 is 11.6 Å². The lowest BCUT2D eigenvalue weighted by Crippen LogP contribution is -2.08. The maximum Gasteiger partial charge on any atom is 0.273 e. The Balaban J connectivity index is 2.61. The standard InChI is InChI=1S/C9H7ClN4O/c1-6-2-3-7(8(13-6)9(10)15)14-11-4-5-12-14/h2-5H,1H3. The minimum atomic E-state index is -0.619. The van der Waals surface area contributed by atoms with Gasteiger partial charge in [0, 0.05) is 5.69 Å². The SMILES string of the molecule is Cc1ccc(-n2nccn2)c(C(=O)Cl)n1. The van der Waals surface area contributed by atoms with Gasteiger partial charge in [-0.2, -0.15) is 10.2 Å². The molecule has 0 bridgehead atoms. The summed E-state index contributed by atoms with van der Waals surface area (Å²) in [5.41, 5.74) is 1.35. The zero-order chi connectivity index (χ0) is 10.8. The molecule has 76 valence electrons. The number of aryl methyl sites for hydroxylation is 1. The van der Waals surface area contributed by atoms with E-state index in [9.17, 15) is 4.79 Å². The summed E-state index contributed by atoms with van der Waals surface area (Å²) in [6.07, 6.45) is 3.03. The largest absolute Gasteiger partial charge is 0.274 e. The summed E-state index contributed by atoms with van der Waals surface area (Å²) in [6, 6.07) is 3.47. The van der Waals surface area contributed by atoms with Crippen LogP contribution in [-0.2, 0) is 0 Å². The molecular weight excluding hydrogens is 216 g/mol. The lowest BCUT2D eigenvalue weighted by Gasteiger charge is -2.04. The maximum atomic E-state index is 11.1. The van der Waals surface area contributed by atoms with Crippen molar-refractivity contribution in [1.82, 2.24) is 20.0 Å². The van der Waals surface area contributed by atoms with Crippen LogP contribution in [-0.4, -0.2) is 25.2 Å². The third-order valence-corrected chi connectivity index (χ3v) is 2.01. The van der Waals surface area contributed by atoms with Crippen LogP contribution in [0.25, 0.3) is 5.69 Å². The van der Waals surface area contributed by atoms with Crippen LogP contribution in [0.5, 0.6) is 0 Å². The maximum absolute atomic E-state index is 11.1. The summed E-state index contributed by atoms with van der Waals surface area (Å²) >= 11 is 5.43. The topological polar surface area (TPSA) is 60.7 Å². The molecule has 0 radical (unpaired) electrons. The van der Waals surface area contributed by atoms with Crippen LogP contribution < -0.4 is 0 Å². The molecule has 0 saturated heterocycles. The number of nitrogens with zero attached hydrogens (tertiary/aromatic N) is 4. The van der Waals surface area contributed by atoms with Gasteiger partial charge < -0.3 is 0 Å². The van der Waals surface area contributed by atoms with Gasteiger partial charge >= 0.3 is 0 Å². The van der Waals surface area contributed by atoms with Crippen LogP contribution in [0.15, 0.2) is 24.5 Å². The fourth-order valence-electron chi connectivity index (χ4n) is 1.20. The van der Waals surface area contributed by atoms with Gasteiger partial charge in [-0.1, -0.05) is 0 Å². The molecule has 0 atom stereocenters. The van der Waals surface area contributed by atoms with Crippen molar-refractivity contribution in [3.8, 4) is 5.69 Å². The van der Waals surface area contributed by atoms with Crippen LogP contribution in [0.4, 0.5) is 0 Å². The minimum absolute atomic E-state index is 0.160. The predicted octanol–water partition coefficient (Wildman–Crippen LogP) is 1.35. The monoisotopic (exact) mass is 222 g/mol. The highest BCUT2D eigenvalue weighted by atomic mass is 35.5. The average Bonchev–Trinajstić information content (AvgIpc) is 2.70. The Labute approximate surface area is 90.7 Å². The third kappa shape index (κ3) is 1.87. The van der Waals surface area contributed by atoms with Gasteiger partial charge in [-0.05, 0) is 30.7 Å². The first-order valence-electron chi connectivity index (χ1n) is 4.22. The molecule has 2 heterocycles. The second-order valence-electron chi connectivity index (χ2n) is 2.91. The van der Waals surface area contributed by atoms with Crippen molar-refractivity contribution in [3.63, 3.8) is 0 Å². The van der Waals surface area contributed by atoms with Crippen LogP contribution in [0.2, 0.25) is 0 Å². The molecule has 0 spiro atoms.